The molecule has 0 aliphatic heterocycles. The van der Waals surface area contributed by atoms with Crippen molar-refractivity contribution in [2.45, 2.75) is 34.2 Å². The van der Waals surface area contributed by atoms with E-state index in [-0.39, 0.29) is 0 Å². The molecule has 0 bridgehead atoms. The van der Waals surface area contributed by atoms with E-state index in [4.69, 9.17) is 0 Å². The number of benzene rings is 3. The van der Waals surface area contributed by atoms with Gasteiger partial charge in [-0.2, -0.15) is 10.2 Å². The van der Waals surface area contributed by atoms with Crippen molar-refractivity contribution < 1.29 is 0 Å². The van der Waals surface area contributed by atoms with Crippen LogP contribution in [0.2, 0.25) is 0 Å². The van der Waals surface area contributed by atoms with Gasteiger partial charge in [0.05, 0.1) is 12.2 Å². The van der Waals surface area contributed by atoms with Crippen LogP contribution in [0.25, 0.3) is 16.3 Å². The standard InChI is InChI=1S/C26H26N2/c1-17-18(2)20(4)26(19(17)3)24-15-14-21-10-8-9-13-23(21)25(24)16-27-28-22-11-6-5-7-12-22/h5-15,19H,16H2,1-4H3. The second-order valence-electron chi connectivity index (χ2n) is 7.62. The third-order valence-electron chi connectivity index (χ3n) is 6.14. The van der Waals surface area contributed by atoms with Crippen LogP contribution >= 0.6 is 0 Å². The summed E-state index contributed by atoms with van der Waals surface area (Å²) in [5.74, 6) is 0.436. The van der Waals surface area contributed by atoms with E-state index < -0.39 is 0 Å². The molecule has 1 aliphatic rings. The van der Waals surface area contributed by atoms with Gasteiger partial charge in [-0.1, -0.05) is 67.1 Å². The summed E-state index contributed by atoms with van der Waals surface area (Å²) < 4.78 is 0. The van der Waals surface area contributed by atoms with Gasteiger partial charge >= 0.3 is 0 Å². The average Bonchev–Trinajstić information content (AvgIpc) is 2.92. The average molecular weight is 367 g/mol. The Balaban J connectivity index is 1.82. The fourth-order valence-electron chi connectivity index (χ4n) is 4.24. The summed E-state index contributed by atoms with van der Waals surface area (Å²) in [6.07, 6.45) is 0. The number of hydrogen-bond acceptors (Lipinski definition) is 2. The highest BCUT2D eigenvalue weighted by molar-refractivity contribution is 5.92. The first-order valence-corrected chi connectivity index (χ1v) is 9.90. The van der Waals surface area contributed by atoms with E-state index in [0.29, 0.717) is 12.5 Å². The molecule has 3 aromatic carbocycles. The van der Waals surface area contributed by atoms with Crippen molar-refractivity contribution >= 4 is 22.0 Å². The summed E-state index contributed by atoms with van der Waals surface area (Å²) in [6.45, 7) is 9.64. The molecule has 2 heteroatoms. The molecular formula is C26H26N2. The SMILES string of the molecule is CC1=C(C)C(C)C(c2ccc3ccccc3c2CN=Nc2ccccc2)=C1C. The van der Waals surface area contributed by atoms with Gasteiger partial charge in [-0.15, -0.1) is 0 Å². The Kier molecular flexibility index (Phi) is 4.95. The van der Waals surface area contributed by atoms with E-state index in [1.807, 2.05) is 30.3 Å². The van der Waals surface area contributed by atoms with Gasteiger partial charge in [-0.3, -0.25) is 0 Å². The van der Waals surface area contributed by atoms with Gasteiger partial charge in [0.25, 0.3) is 0 Å². The van der Waals surface area contributed by atoms with Crippen molar-refractivity contribution in [2.24, 2.45) is 16.1 Å². The van der Waals surface area contributed by atoms with Gasteiger partial charge in [0.1, 0.15) is 0 Å². The minimum absolute atomic E-state index is 0.436. The first kappa shape index (κ1) is 18.4. The monoisotopic (exact) mass is 366 g/mol. The third kappa shape index (κ3) is 3.20. The molecule has 0 N–H and O–H groups in total. The smallest absolute Gasteiger partial charge is 0.0865 e. The predicted molar refractivity (Wildman–Crippen MR) is 119 cm³/mol. The topological polar surface area (TPSA) is 24.7 Å². The molecular weight excluding hydrogens is 340 g/mol. The second-order valence-corrected chi connectivity index (χ2v) is 7.62. The molecule has 1 atom stereocenters. The van der Waals surface area contributed by atoms with Gasteiger partial charge < -0.3 is 0 Å². The highest BCUT2D eigenvalue weighted by atomic mass is 15.1. The number of nitrogens with zero attached hydrogens (tertiary/aromatic N) is 2. The first-order chi connectivity index (χ1) is 13.6. The van der Waals surface area contributed by atoms with Crippen LogP contribution in [0.15, 0.2) is 93.7 Å². The largest absolute Gasteiger partial charge is 0.184 e. The molecule has 1 aliphatic carbocycles. The highest BCUT2D eigenvalue weighted by Crippen LogP contribution is 2.44. The van der Waals surface area contributed by atoms with Crippen LogP contribution in [0.3, 0.4) is 0 Å². The minimum Gasteiger partial charge on any atom is -0.184 e. The number of fused-ring (bicyclic) bond motifs is 1. The van der Waals surface area contributed by atoms with Crippen LogP contribution in [-0.2, 0) is 6.54 Å². The summed E-state index contributed by atoms with van der Waals surface area (Å²) in [7, 11) is 0. The van der Waals surface area contributed by atoms with Gasteiger partial charge in [0.15, 0.2) is 0 Å². The molecule has 2 nitrogen and oxygen atoms in total. The second kappa shape index (κ2) is 7.55. The van der Waals surface area contributed by atoms with Crippen LogP contribution in [0.5, 0.6) is 0 Å². The van der Waals surface area contributed by atoms with Crippen molar-refractivity contribution in [1.29, 1.82) is 0 Å². The number of hydrogen-bond donors (Lipinski definition) is 0. The molecule has 1 unspecified atom stereocenters. The zero-order valence-corrected chi connectivity index (χ0v) is 17.0. The van der Waals surface area contributed by atoms with Gasteiger partial charge in [0.2, 0.25) is 0 Å². The molecule has 0 spiro atoms. The third-order valence-corrected chi connectivity index (χ3v) is 6.14. The lowest BCUT2D eigenvalue weighted by atomic mass is 9.86. The molecule has 0 radical (unpaired) electrons. The molecule has 28 heavy (non-hydrogen) atoms. The molecule has 140 valence electrons. The molecule has 0 heterocycles. The predicted octanol–water partition coefficient (Wildman–Crippen LogP) is 7.88. The van der Waals surface area contributed by atoms with Gasteiger partial charge in [-0.25, -0.2) is 0 Å². The Morgan fingerprint density at radius 3 is 2.21 bits per heavy atom. The molecule has 0 fully saturated rings. The zero-order chi connectivity index (χ0) is 19.7. The number of rotatable bonds is 4. The fourth-order valence-corrected chi connectivity index (χ4v) is 4.24. The van der Waals surface area contributed by atoms with Crippen molar-refractivity contribution in [2.75, 3.05) is 0 Å². The van der Waals surface area contributed by atoms with Crippen molar-refractivity contribution in [3.63, 3.8) is 0 Å². The normalized spacial score (nSPS) is 17.4. The summed E-state index contributed by atoms with van der Waals surface area (Å²) in [4.78, 5) is 0. The maximum absolute atomic E-state index is 4.57. The summed E-state index contributed by atoms with van der Waals surface area (Å²) in [5, 5.41) is 11.5. The summed E-state index contributed by atoms with van der Waals surface area (Å²) >= 11 is 0. The summed E-state index contributed by atoms with van der Waals surface area (Å²) in [5.41, 5.74) is 9.20. The van der Waals surface area contributed by atoms with Crippen molar-refractivity contribution in [1.82, 2.24) is 0 Å². The molecule has 4 rings (SSSR count). The van der Waals surface area contributed by atoms with E-state index in [1.54, 1.807) is 0 Å². The summed E-state index contributed by atoms with van der Waals surface area (Å²) in [6, 6.07) is 23.0. The first-order valence-electron chi connectivity index (χ1n) is 9.90. The molecule has 0 aromatic heterocycles. The lowest BCUT2D eigenvalue weighted by Gasteiger charge is -2.18. The van der Waals surface area contributed by atoms with Crippen molar-refractivity contribution in [3.05, 3.63) is 94.6 Å². The maximum atomic E-state index is 4.57. The van der Waals surface area contributed by atoms with Gasteiger partial charge in [-0.05, 0) is 71.5 Å². The van der Waals surface area contributed by atoms with Crippen LogP contribution in [-0.4, -0.2) is 0 Å². The van der Waals surface area contributed by atoms with Crippen LogP contribution < -0.4 is 0 Å². The lowest BCUT2D eigenvalue weighted by Crippen LogP contribution is -2.01. The molecule has 0 amide bonds. The van der Waals surface area contributed by atoms with Crippen molar-refractivity contribution in [3.8, 4) is 0 Å². The van der Waals surface area contributed by atoms with E-state index in [2.05, 4.69) is 74.3 Å². The van der Waals surface area contributed by atoms with Gasteiger partial charge in [0, 0.05) is 5.92 Å². The molecule has 0 saturated carbocycles. The lowest BCUT2D eigenvalue weighted by molar-refractivity contribution is 0.887. The highest BCUT2D eigenvalue weighted by Gasteiger charge is 2.26. The van der Waals surface area contributed by atoms with E-state index in [0.717, 1.165) is 5.69 Å². The quantitative estimate of drug-likeness (QED) is 0.419. The fraction of sp³-hybridized carbons (Fsp3) is 0.231. The number of azo groups is 1. The minimum atomic E-state index is 0.436. The zero-order valence-electron chi connectivity index (χ0n) is 17.0. The molecule has 0 saturated heterocycles. The Labute approximate surface area is 167 Å². The van der Waals surface area contributed by atoms with Crippen LogP contribution in [0, 0.1) is 5.92 Å². The Hall–Kier alpha value is -3.00. The Morgan fingerprint density at radius 2 is 1.50 bits per heavy atom. The van der Waals surface area contributed by atoms with E-state index in [1.165, 1.54) is 44.2 Å². The number of allylic oxidation sites excluding steroid dienone is 4. The van der Waals surface area contributed by atoms with Crippen LogP contribution in [0.1, 0.15) is 38.8 Å². The van der Waals surface area contributed by atoms with E-state index in [9.17, 15) is 0 Å². The van der Waals surface area contributed by atoms with E-state index >= 15 is 0 Å². The van der Waals surface area contributed by atoms with Crippen LogP contribution in [0.4, 0.5) is 5.69 Å². The maximum Gasteiger partial charge on any atom is 0.0865 e. The Morgan fingerprint density at radius 1 is 0.786 bits per heavy atom. The molecule has 3 aromatic rings. The Bertz CT molecular complexity index is 1120.